The van der Waals surface area contributed by atoms with Crippen LogP contribution in [0.15, 0.2) is 12.3 Å². The maximum absolute atomic E-state index is 12.0. The Kier molecular flexibility index (Phi) is 3.53. The Labute approximate surface area is 80.8 Å². The summed E-state index contributed by atoms with van der Waals surface area (Å²) in [7, 11) is 1.57. The van der Waals surface area contributed by atoms with Gasteiger partial charge in [-0.05, 0) is 6.92 Å². The van der Waals surface area contributed by atoms with Crippen molar-refractivity contribution < 1.29 is 9.75 Å². The van der Waals surface area contributed by atoms with Crippen LogP contribution >= 0.6 is 0 Å². The van der Waals surface area contributed by atoms with Crippen LogP contribution in [0.1, 0.15) is 27.7 Å². The highest BCUT2D eigenvalue weighted by molar-refractivity contribution is 4.81. The van der Waals surface area contributed by atoms with Gasteiger partial charge in [-0.15, -0.1) is 0 Å². The Morgan fingerprint density at radius 1 is 1.54 bits per heavy atom. The lowest BCUT2D eigenvalue weighted by molar-refractivity contribution is -0.888. The van der Waals surface area contributed by atoms with E-state index in [1.807, 2.05) is 27.7 Å². The largest absolute Gasteiger partial charge is 0.632 e. The number of hydrogen-bond donors (Lipinski definition) is 1. The summed E-state index contributed by atoms with van der Waals surface area (Å²) in [5.74, 6) is -0.0476. The molecule has 78 valence electrons. The van der Waals surface area contributed by atoms with Crippen LogP contribution in [0.3, 0.4) is 0 Å². The van der Waals surface area contributed by atoms with Crippen molar-refractivity contribution in [3.63, 3.8) is 0 Å². The van der Waals surface area contributed by atoms with Crippen LogP contribution in [0.2, 0.25) is 0 Å². The van der Waals surface area contributed by atoms with Crippen LogP contribution in [0.5, 0.6) is 0 Å². The van der Waals surface area contributed by atoms with Crippen LogP contribution in [-0.2, 0) is 0 Å². The van der Waals surface area contributed by atoms with E-state index < -0.39 is 4.65 Å². The normalized spacial score (nSPS) is 19.2. The summed E-state index contributed by atoms with van der Waals surface area (Å²) >= 11 is 0. The van der Waals surface area contributed by atoms with Crippen molar-refractivity contribution in [3.05, 3.63) is 17.5 Å². The van der Waals surface area contributed by atoms with Crippen molar-refractivity contribution in [2.24, 2.45) is 5.41 Å². The van der Waals surface area contributed by atoms with Crippen molar-refractivity contribution in [2.75, 3.05) is 13.6 Å². The lowest BCUT2D eigenvalue weighted by Crippen LogP contribution is -2.52. The Hall–Kier alpha value is -0.540. The van der Waals surface area contributed by atoms with Crippen LogP contribution in [0.4, 0.5) is 0 Å². The van der Waals surface area contributed by atoms with E-state index >= 15 is 0 Å². The minimum Gasteiger partial charge on any atom is -0.632 e. The third-order valence-corrected chi connectivity index (χ3v) is 2.57. The molecule has 0 bridgehead atoms. The molecule has 0 aromatic carbocycles. The second-order valence-corrected chi connectivity index (χ2v) is 4.94. The number of hydrogen-bond acceptors (Lipinski definition) is 2. The molecule has 3 nitrogen and oxygen atoms in total. The highest BCUT2D eigenvalue weighted by Gasteiger charge is 2.32. The van der Waals surface area contributed by atoms with Crippen LogP contribution in [0, 0.1) is 10.6 Å². The van der Waals surface area contributed by atoms with E-state index in [-0.39, 0.29) is 23.8 Å². The first-order valence-electron chi connectivity index (χ1n) is 4.50. The van der Waals surface area contributed by atoms with Gasteiger partial charge < -0.3 is 15.0 Å². The fourth-order valence-electron chi connectivity index (χ4n) is 1.32. The number of rotatable bonds is 3. The van der Waals surface area contributed by atoms with Gasteiger partial charge in [0.1, 0.15) is 12.3 Å². The molecule has 2 atom stereocenters. The molecule has 0 radical (unpaired) electrons. The fourth-order valence-corrected chi connectivity index (χ4v) is 1.32. The smallest absolute Gasteiger partial charge is 0.140 e. The first-order chi connectivity index (χ1) is 5.57. The Balaban J connectivity index is 4.54. The van der Waals surface area contributed by atoms with Crippen LogP contribution in [0.25, 0.3) is 0 Å². The van der Waals surface area contributed by atoms with E-state index in [1.165, 1.54) is 0 Å². The van der Waals surface area contributed by atoms with Gasteiger partial charge in [0, 0.05) is 5.41 Å². The minimum atomic E-state index is -0.473. The van der Waals surface area contributed by atoms with Crippen molar-refractivity contribution in [1.29, 1.82) is 0 Å². The van der Waals surface area contributed by atoms with Gasteiger partial charge in [0.25, 0.3) is 0 Å². The van der Waals surface area contributed by atoms with E-state index in [9.17, 15) is 5.21 Å². The standard InChI is InChI=1S/C10H21NO2/c1-8(12)7-11(6,13)9(2)10(3,4)5/h9,12H,1,7H2,2-6H3. The van der Waals surface area contributed by atoms with Gasteiger partial charge in [-0.25, -0.2) is 0 Å². The maximum atomic E-state index is 12.0. The lowest BCUT2D eigenvalue weighted by atomic mass is 9.87. The molecule has 0 aliphatic heterocycles. The summed E-state index contributed by atoms with van der Waals surface area (Å²) in [5, 5.41) is 21.0. The van der Waals surface area contributed by atoms with E-state index in [2.05, 4.69) is 6.58 Å². The third-order valence-electron chi connectivity index (χ3n) is 2.57. The molecule has 0 saturated carbocycles. The molecule has 0 heterocycles. The second-order valence-electron chi connectivity index (χ2n) is 4.94. The zero-order valence-electron chi connectivity index (χ0n) is 9.29. The first-order valence-corrected chi connectivity index (χ1v) is 4.50. The molecule has 1 N–H and O–H groups in total. The van der Waals surface area contributed by atoms with E-state index in [0.29, 0.717) is 0 Å². The number of aliphatic hydroxyl groups is 1. The highest BCUT2D eigenvalue weighted by Crippen LogP contribution is 2.27. The first kappa shape index (κ1) is 12.5. The molecule has 0 amide bonds. The molecule has 0 saturated heterocycles. The number of likely N-dealkylation sites (N-methyl/N-ethyl adjacent to an activating group) is 1. The average molecular weight is 187 g/mol. The predicted molar refractivity (Wildman–Crippen MR) is 55.1 cm³/mol. The molecule has 3 heteroatoms. The molecule has 0 aromatic heterocycles. The lowest BCUT2D eigenvalue weighted by Gasteiger charge is -2.48. The molecule has 0 aromatic rings. The summed E-state index contributed by atoms with van der Waals surface area (Å²) in [4.78, 5) is 0. The summed E-state index contributed by atoms with van der Waals surface area (Å²) in [6.07, 6.45) is 0. The monoisotopic (exact) mass is 187 g/mol. The number of quaternary nitrogens is 1. The summed E-state index contributed by atoms with van der Waals surface area (Å²) in [5.41, 5.74) is -0.0635. The Morgan fingerprint density at radius 2 is 1.92 bits per heavy atom. The molecule has 2 unspecified atom stereocenters. The van der Waals surface area contributed by atoms with Gasteiger partial charge >= 0.3 is 0 Å². The molecule has 0 spiro atoms. The number of hydroxylamine groups is 3. The van der Waals surface area contributed by atoms with E-state index in [0.717, 1.165) is 0 Å². The minimum absolute atomic E-state index is 0.0476. The maximum Gasteiger partial charge on any atom is 0.140 e. The molecular weight excluding hydrogens is 166 g/mol. The summed E-state index contributed by atoms with van der Waals surface area (Å²) in [6.45, 7) is 11.4. The van der Waals surface area contributed by atoms with Gasteiger partial charge in [0.15, 0.2) is 0 Å². The van der Waals surface area contributed by atoms with Crippen molar-refractivity contribution in [1.82, 2.24) is 0 Å². The van der Waals surface area contributed by atoms with Gasteiger partial charge in [-0.1, -0.05) is 27.4 Å². The summed E-state index contributed by atoms with van der Waals surface area (Å²) in [6, 6.07) is -0.0728. The topological polar surface area (TPSA) is 43.3 Å². The van der Waals surface area contributed by atoms with Crippen molar-refractivity contribution >= 4 is 0 Å². The van der Waals surface area contributed by atoms with Crippen molar-refractivity contribution in [2.45, 2.75) is 33.7 Å². The molecule has 0 fully saturated rings. The predicted octanol–water partition coefficient (Wildman–Crippen LogP) is 2.44. The molecule has 0 aliphatic carbocycles. The van der Waals surface area contributed by atoms with Gasteiger partial charge in [0.05, 0.1) is 13.1 Å². The van der Waals surface area contributed by atoms with Gasteiger partial charge in [0.2, 0.25) is 0 Å². The van der Waals surface area contributed by atoms with Crippen LogP contribution in [-0.4, -0.2) is 29.4 Å². The van der Waals surface area contributed by atoms with Crippen LogP contribution < -0.4 is 0 Å². The van der Waals surface area contributed by atoms with Gasteiger partial charge in [-0.3, -0.25) is 0 Å². The fraction of sp³-hybridized carbons (Fsp3) is 0.800. The SMILES string of the molecule is C=C(O)C[N+](C)([O-])C(C)C(C)(C)C. The molecular formula is C10H21NO2. The number of aliphatic hydroxyl groups excluding tert-OH is 1. The third kappa shape index (κ3) is 3.79. The summed E-state index contributed by atoms with van der Waals surface area (Å²) < 4.78 is -0.473. The average Bonchev–Trinajstić information content (AvgIpc) is 1.80. The second kappa shape index (κ2) is 3.68. The molecule has 13 heavy (non-hydrogen) atoms. The zero-order valence-corrected chi connectivity index (χ0v) is 9.29. The van der Waals surface area contributed by atoms with E-state index in [1.54, 1.807) is 7.05 Å². The Bertz CT molecular complexity index is 192. The Morgan fingerprint density at radius 3 is 2.15 bits per heavy atom. The van der Waals surface area contributed by atoms with Gasteiger partial charge in [-0.2, -0.15) is 0 Å². The molecule has 0 aliphatic rings. The zero-order chi connectivity index (χ0) is 10.9. The number of nitrogens with zero attached hydrogens (tertiary/aromatic N) is 1. The molecule has 0 rings (SSSR count). The van der Waals surface area contributed by atoms with Crippen molar-refractivity contribution in [3.8, 4) is 0 Å². The highest BCUT2D eigenvalue weighted by atomic mass is 16.5. The van der Waals surface area contributed by atoms with E-state index in [4.69, 9.17) is 5.11 Å². The quantitative estimate of drug-likeness (QED) is 0.419.